The fraction of sp³-hybridized carbons (Fsp3) is 0.143. The Balaban J connectivity index is 2.78. The lowest BCUT2D eigenvalue weighted by atomic mass is 10.1. The Hall–Kier alpha value is -1.85. The average Bonchev–Trinajstić information content (AvgIpc) is 2.43. The Kier molecular flexibility index (Phi) is 4.65. The van der Waals surface area contributed by atoms with E-state index in [4.69, 9.17) is 28.3 Å². The molecule has 2 rings (SSSR count). The van der Waals surface area contributed by atoms with Gasteiger partial charge in [-0.05, 0) is 12.1 Å². The predicted molar refractivity (Wildman–Crippen MR) is 80.0 cm³/mol. The van der Waals surface area contributed by atoms with Crippen molar-refractivity contribution in [1.29, 1.82) is 0 Å². The third-order valence-electron chi connectivity index (χ3n) is 2.91. The van der Waals surface area contributed by atoms with Crippen LogP contribution in [0.25, 0.3) is 10.9 Å². The highest BCUT2D eigenvalue weighted by Crippen LogP contribution is 2.21. The van der Waals surface area contributed by atoms with E-state index in [1.807, 2.05) is 0 Å². The molecule has 1 aromatic heterocycles. The number of hydrogen-bond acceptors (Lipinski definition) is 2. The van der Waals surface area contributed by atoms with E-state index in [1.54, 1.807) is 12.2 Å². The summed E-state index contributed by atoms with van der Waals surface area (Å²) in [6.07, 6.45) is 4.59. The van der Waals surface area contributed by atoms with Gasteiger partial charge in [0.05, 0.1) is 10.5 Å². The molecule has 1 N–H and O–H groups in total. The van der Waals surface area contributed by atoms with Crippen LogP contribution in [0.5, 0.6) is 0 Å². The number of pyridine rings is 1. The zero-order valence-corrected chi connectivity index (χ0v) is 12.2. The molecule has 0 saturated heterocycles. The topological polar surface area (TPSA) is 59.3 Å². The van der Waals surface area contributed by atoms with Gasteiger partial charge in [0.2, 0.25) is 5.43 Å². The average molecular weight is 330 g/mol. The van der Waals surface area contributed by atoms with E-state index in [0.717, 1.165) is 6.07 Å². The van der Waals surface area contributed by atoms with Gasteiger partial charge in [0.1, 0.15) is 11.4 Å². The summed E-state index contributed by atoms with van der Waals surface area (Å²) in [5.41, 5.74) is -0.815. The standard InChI is InChI=1S/C14H10Cl2FNO3/c15-3-1-2-4-18-7-9(14(20)21)13(19)8-5-11(17)10(16)6-12(8)18/h1-2,5-7H,3-4H2,(H,20,21)/b2-1+. The highest BCUT2D eigenvalue weighted by atomic mass is 35.5. The van der Waals surface area contributed by atoms with E-state index < -0.39 is 22.8 Å². The largest absolute Gasteiger partial charge is 0.477 e. The summed E-state index contributed by atoms with van der Waals surface area (Å²) in [6, 6.07) is 2.25. The molecule has 0 aliphatic rings. The predicted octanol–water partition coefficient (Wildman–Crippen LogP) is 3.29. The van der Waals surface area contributed by atoms with E-state index in [9.17, 15) is 14.0 Å². The molecule has 1 heterocycles. The molecule has 1 aromatic carbocycles. The number of nitrogens with zero attached hydrogens (tertiary/aromatic N) is 1. The van der Waals surface area contributed by atoms with E-state index in [-0.39, 0.29) is 17.0 Å². The molecule has 21 heavy (non-hydrogen) atoms. The van der Waals surface area contributed by atoms with Crippen LogP contribution in [-0.2, 0) is 6.54 Å². The van der Waals surface area contributed by atoms with Crippen molar-refractivity contribution in [2.45, 2.75) is 6.54 Å². The molecule has 0 amide bonds. The zero-order valence-electron chi connectivity index (χ0n) is 10.6. The number of halogens is 3. The zero-order chi connectivity index (χ0) is 15.6. The molecule has 0 radical (unpaired) electrons. The number of allylic oxidation sites excluding steroid dienone is 2. The summed E-state index contributed by atoms with van der Waals surface area (Å²) in [6.45, 7) is 0.283. The van der Waals surface area contributed by atoms with Crippen molar-refractivity contribution in [2.24, 2.45) is 0 Å². The van der Waals surface area contributed by atoms with Gasteiger partial charge in [0.15, 0.2) is 0 Å². The Morgan fingerprint density at radius 3 is 2.71 bits per heavy atom. The third kappa shape index (κ3) is 3.09. The van der Waals surface area contributed by atoms with Gasteiger partial charge in [-0.3, -0.25) is 4.79 Å². The minimum atomic E-state index is -1.37. The lowest BCUT2D eigenvalue weighted by molar-refractivity contribution is 0.0695. The Labute approximate surface area is 129 Å². The van der Waals surface area contributed by atoms with Crippen LogP contribution in [-0.4, -0.2) is 21.5 Å². The molecule has 0 unspecified atom stereocenters. The van der Waals surface area contributed by atoms with Gasteiger partial charge in [-0.25, -0.2) is 9.18 Å². The summed E-state index contributed by atoms with van der Waals surface area (Å²) in [7, 11) is 0. The summed E-state index contributed by atoms with van der Waals surface area (Å²) in [5, 5.41) is 8.90. The Morgan fingerprint density at radius 1 is 1.38 bits per heavy atom. The lowest BCUT2D eigenvalue weighted by Crippen LogP contribution is -2.19. The van der Waals surface area contributed by atoms with E-state index in [1.165, 1.54) is 16.8 Å². The molecule has 2 aromatic rings. The maximum absolute atomic E-state index is 13.5. The minimum Gasteiger partial charge on any atom is -0.477 e. The van der Waals surface area contributed by atoms with Gasteiger partial charge < -0.3 is 9.67 Å². The van der Waals surface area contributed by atoms with Crippen LogP contribution in [0.4, 0.5) is 4.39 Å². The first-order valence-electron chi connectivity index (χ1n) is 5.92. The van der Waals surface area contributed by atoms with Crippen LogP contribution in [0.2, 0.25) is 5.02 Å². The second-order valence-corrected chi connectivity index (χ2v) is 4.95. The van der Waals surface area contributed by atoms with Crippen molar-refractivity contribution in [3.8, 4) is 0 Å². The lowest BCUT2D eigenvalue weighted by Gasteiger charge is -2.11. The Bertz CT molecular complexity index is 799. The van der Waals surface area contributed by atoms with Crippen LogP contribution in [0, 0.1) is 5.82 Å². The fourth-order valence-electron chi connectivity index (χ4n) is 1.94. The summed E-state index contributed by atoms with van der Waals surface area (Å²) < 4.78 is 15.0. The molecule has 7 heteroatoms. The van der Waals surface area contributed by atoms with E-state index in [0.29, 0.717) is 11.4 Å². The van der Waals surface area contributed by atoms with Gasteiger partial charge in [-0.15, -0.1) is 11.6 Å². The monoisotopic (exact) mass is 329 g/mol. The van der Waals surface area contributed by atoms with Gasteiger partial charge in [-0.2, -0.15) is 0 Å². The molecule has 0 spiro atoms. The van der Waals surface area contributed by atoms with E-state index in [2.05, 4.69) is 0 Å². The number of aromatic carboxylic acids is 1. The second kappa shape index (κ2) is 6.28. The van der Waals surface area contributed by atoms with Crippen molar-refractivity contribution in [2.75, 3.05) is 5.88 Å². The number of benzene rings is 1. The third-order valence-corrected chi connectivity index (χ3v) is 3.38. The maximum atomic E-state index is 13.5. The molecular weight excluding hydrogens is 320 g/mol. The van der Waals surface area contributed by atoms with Crippen molar-refractivity contribution < 1.29 is 14.3 Å². The number of rotatable bonds is 4. The minimum absolute atomic E-state index is 0.0314. The van der Waals surface area contributed by atoms with Crippen LogP contribution < -0.4 is 5.43 Å². The number of carboxylic acid groups (broad SMARTS) is 1. The van der Waals surface area contributed by atoms with Crippen LogP contribution >= 0.6 is 23.2 Å². The highest BCUT2D eigenvalue weighted by molar-refractivity contribution is 6.31. The molecular formula is C14H10Cl2FNO3. The number of fused-ring (bicyclic) bond motifs is 1. The SMILES string of the molecule is O=C(O)c1cn(C/C=C/CCl)c2cc(Cl)c(F)cc2c1=O. The van der Waals surface area contributed by atoms with Crippen molar-refractivity contribution in [1.82, 2.24) is 4.57 Å². The number of aromatic nitrogens is 1. The van der Waals surface area contributed by atoms with Gasteiger partial charge in [0, 0.05) is 24.0 Å². The second-order valence-electron chi connectivity index (χ2n) is 4.24. The van der Waals surface area contributed by atoms with Gasteiger partial charge in [0.25, 0.3) is 0 Å². The van der Waals surface area contributed by atoms with Crippen LogP contribution in [0.15, 0.2) is 35.3 Å². The van der Waals surface area contributed by atoms with Gasteiger partial charge in [-0.1, -0.05) is 23.8 Å². The maximum Gasteiger partial charge on any atom is 0.341 e. The molecule has 0 aliphatic carbocycles. The van der Waals surface area contributed by atoms with E-state index >= 15 is 0 Å². The smallest absolute Gasteiger partial charge is 0.341 e. The van der Waals surface area contributed by atoms with Crippen LogP contribution in [0.1, 0.15) is 10.4 Å². The molecule has 0 aliphatic heterocycles. The Morgan fingerprint density at radius 2 is 2.10 bits per heavy atom. The first-order chi connectivity index (χ1) is 9.95. The molecule has 110 valence electrons. The molecule has 0 atom stereocenters. The quantitative estimate of drug-likeness (QED) is 0.691. The fourth-order valence-corrected chi connectivity index (χ4v) is 2.22. The van der Waals surface area contributed by atoms with Gasteiger partial charge >= 0.3 is 5.97 Å². The number of hydrogen-bond donors (Lipinski definition) is 1. The summed E-state index contributed by atoms with van der Waals surface area (Å²) in [4.78, 5) is 23.2. The summed E-state index contributed by atoms with van der Waals surface area (Å²) >= 11 is 11.3. The number of carbonyl (C=O) groups is 1. The van der Waals surface area contributed by atoms with Crippen molar-refractivity contribution in [3.05, 3.63) is 57.1 Å². The number of carboxylic acids is 1. The summed E-state index contributed by atoms with van der Waals surface area (Å²) in [5.74, 6) is -1.83. The molecule has 0 fully saturated rings. The van der Waals surface area contributed by atoms with Crippen LogP contribution in [0.3, 0.4) is 0 Å². The van der Waals surface area contributed by atoms with Crippen molar-refractivity contribution >= 4 is 40.1 Å². The highest BCUT2D eigenvalue weighted by Gasteiger charge is 2.16. The van der Waals surface area contributed by atoms with Crippen molar-refractivity contribution in [3.63, 3.8) is 0 Å². The first-order valence-corrected chi connectivity index (χ1v) is 6.83. The normalized spacial score (nSPS) is 11.4. The molecule has 0 saturated carbocycles. The molecule has 0 bridgehead atoms. The number of alkyl halides is 1. The first kappa shape index (κ1) is 15.5. The molecule has 4 nitrogen and oxygen atoms in total.